The molecule has 0 unspecified atom stereocenters. The van der Waals surface area contributed by atoms with Crippen molar-refractivity contribution in [3.8, 4) is 16.9 Å². The summed E-state index contributed by atoms with van der Waals surface area (Å²) in [6, 6.07) is 46.1. The van der Waals surface area contributed by atoms with Crippen molar-refractivity contribution in [2.75, 3.05) is 4.90 Å². The highest BCUT2D eigenvalue weighted by Gasteiger charge is 2.14. The lowest BCUT2D eigenvalue weighted by molar-refractivity contribution is 0.454. The van der Waals surface area contributed by atoms with E-state index in [2.05, 4.69) is 95.9 Å². The van der Waals surface area contributed by atoms with Crippen molar-refractivity contribution in [1.29, 1.82) is 0 Å². The molecular formula is C32H23BNO2. The maximum Gasteiger partial charge on any atom is 0.569 e. The van der Waals surface area contributed by atoms with E-state index in [1.807, 2.05) is 42.5 Å². The summed E-state index contributed by atoms with van der Waals surface area (Å²) >= 11 is 0. The van der Waals surface area contributed by atoms with Crippen LogP contribution in [0.25, 0.3) is 32.7 Å². The Hall–Kier alpha value is -4.54. The lowest BCUT2D eigenvalue weighted by Gasteiger charge is -2.26. The third-order valence-electron chi connectivity index (χ3n) is 6.50. The minimum atomic E-state index is 0.577. The molecule has 0 aliphatic carbocycles. The Balaban J connectivity index is 1.44. The highest BCUT2D eigenvalue weighted by molar-refractivity contribution is 6.17. The Morgan fingerprint density at radius 1 is 0.528 bits per heavy atom. The average Bonchev–Trinajstić information content (AvgIpc) is 2.95. The van der Waals surface area contributed by atoms with Crippen LogP contribution in [0.15, 0.2) is 133 Å². The predicted octanol–water partition coefficient (Wildman–Crippen LogP) is 8.04. The first-order chi connectivity index (χ1) is 17.8. The largest absolute Gasteiger partial charge is 0.569 e. The third kappa shape index (κ3) is 4.08. The van der Waals surface area contributed by atoms with Crippen LogP contribution in [-0.2, 0) is 0 Å². The van der Waals surface area contributed by atoms with Gasteiger partial charge in [-0.05, 0) is 87.3 Å². The minimum absolute atomic E-state index is 0.577. The number of anilines is 3. The van der Waals surface area contributed by atoms with Gasteiger partial charge in [0.05, 0.1) is 0 Å². The van der Waals surface area contributed by atoms with Crippen LogP contribution in [0.5, 0.6) is 5.75 Å². The molecule has 0 amide bonds. The second-order valence-corrected chi connectivity index (χ2v) is 8.63. The van der Waals surface area contributed by atoms with E-state index in [-0.39, 0.29) is 0 Å². The van der Waals surface area contributed by atoms with Crippen LogP contribution < -0.4 is 9.55 Å². The first kappa shape index (κ1) is 22.0. The van der Waals surface area contributed by atoms with Crippen LogP contribution in [0.2, 0.25) is 0 Å². The minimum Gasteiger partial charge on any atom is -0.537 e. The van der Waals surface area contributed by atoms with E-state index in [0.29, 0.717) is 13.4 Å². The molecule has 0 spiro atoms. The van der Waals surface area contributed by atoms with Crippen LogP contribution in [0, 0.1) is 0 Å². The Bertz CT molecular complexity index is 1630. The summed E-state index contributed by atoms with van der Waals surface area (Å²) in [6.45, 7) is 0. The van der Waals surface area contributed by atoms with E-state index in [9.17, 15) is 0 Å². The summed E-state index contributed by atoms with van der Waals surface area (Å²) in [5.41, 5.74) is 5.51. The lowest BCUT2D eigenvalue weighted by Crippen LogP contribution is -2.10. The number of hydrogen-bond acceptors (Lipinski definition) is 3. The summed E-state index contributed by atoms with van der Waals surface area (Å²) < 4.78 is 5.09. The predicted molar refractivity (Wildman–Crippen MR) is 150 cm³/mol. The van der Waals surface area contributed by atoms with E-state index in [1.165, 1.54) is 32.7 Å². The Kier molecular flexibility index (Phi) is 5.86. The second kappa shape index (κ2) is 9.61. The third-order valence-corrected chi connectivity index (χ3v) is 6.50. The van der Waals surface area contributed by atoms with E-state index < -0.39 is 0 Å². The zero-order valence-electron chi connectivity index (χ0n) is 19.6. The Morgan fingerprint density at radius 2 is 1.08 bits per heavy atom. The van der Waals surface area contributed by atoms with Crippen molar-refractivity contribution in [3.05, 3.63) is 133 Å². The Morgan fingerprint density at radius 3 is 1.78 bits per heavy atom. The SMILES string of the molecule is O[B]Oc1ccc(N(c2ccccc2)c2ccc(-c3cc4ccccc4c4ccccc34)cc2)cc1. The molecule has 6 aromatic rings. The van der Waals surface area contributed by atoms with Crippen molar-refractivity contribution < 1.29 is 9.68 Å². The van der Waals surface area contributed by atoms with Crippen molar-refractivity contribution >= 4 is 46.3 Å². The smallest absolute Gasteiger partial charge is 0.537 e. The molecule has 3 nitrogen and oxygen atoms in total. The van der Waals surface area contributed by atoms with E-state index in [0.717, 1.165) is 17.1 Å². The van der Waals surface area contributed by atoms with Gasteiger partial charge in [-0.25, -0.2) is 0 Å². The first-order valence-corrected chi connectivity index (χ1v) is 11.9. The van der Waals surface area contributed by atoms with Crippen LogP contribution in [0.4, 0.5) is 17.1 Å². The van der Waals surface area contributed by atoms with Gasteiger partial charge in [0, 0.05) is 17.1 Å². The van der Waals surface area contributed by atoms with E-state index in [4.69, 9.17) is 9.68 Å². The van der Waals surface area contributed by atoms with Crippen molar-refractivity contribution in [1.82, 2.24) is 0 Å². The van der Waals surface area contributed by atoms with E-state index in [1.54, 1.807) is 0 Å². The fraction of sp³-hybridized carbons (Fsp3) is 0. The van der Waals surface area contributed by atoms with Crippen LogP contribution in [-0.4, -0.2) is 12.7 Å². The molecule has 0 saturated heterocycles. The molecule has 171 valence electrons. The zero-order chi connectivity index (χ0) is 24.3. The summed E-state index contributed by atoms with van der Waals surface area (Å²) in [5.74, 6) is 0.577. The molecule has 0 atom stereocenters. The van der Waals surface area contributed by atoms with Crippen molar-refractivity contribution in [3.63, 3.8) is 0 Å². The molecule has 0 aromatic heterocycles. The van der Waals surface area contributed by atoms with Crippen molar-refractivity contribution in [2.45, 2.75) is 0 Å². The molecule has 36 heavy (non-hydrogen) atoms. The lowest BCUT2D eigenvalue weighted by atomic mass is 9.93. The van der Waals surface area contributed by atoms with Gasteiger partial charge in [-0.15, -0.1) is 0 Å². The van der Waals surface area contributed by atoms with Crippen LogP contribution >= 0.6 is 0 Å². The van der Waals surface area contributed by atoms with Gasteiger partial charge in [-0.1, -0.05) is 78.9 Å². The molecule has 4 heteroatoms. The van der Waals surface area contributed by atoms with Crippen molar-refractivity contribution in [2.24, 2.45) is 0 Å². The summed E-state index contributed by atoms with van der Waals surface area (Å²) in [7, 11) is 0.694. The van der Waals surface area contributed by atoms with Gasteiger partial charge in [0.1, 0.15) is 5.75 Å². The van der Waals surface area contributed by atoms with Gasteiger partial charge < -0.3 is 14.6 Å². The van der Waals surface area contributed by atoms with Gasteiger partial charge in [-0.3, -0.25) is 0 Å². The quantitative estimate of drug-likeness (QED) is 0.200. The monoisotopic (exact) mass is 464 g/mol. The molecule has 0 bridgehead atoms. The van der Waals surface area contributed by atoms with Gasteiger partial charge in [0.15, 0.2) is 0 Å². The second-order valence-electron chi connectivity index (χ2n) is 8.63. The van der Waals surface area contributed by atoms with Gasteiger partial charge in [-0.2, -0.15) is 0 Å². The number of benzene rings is 6. The summed E-state index contributed by atoms with van der Waals surface area (Å²) in [4.78, 5) is 2.20. The highest BCUT2D eigenvalue weighted by atomic mass is 16.5. The number of hydrogen-bond donors (Lipinski definition) is 1. The average molecular weight is 464 g/mol. The molecule has 0 aliphatic heterocycles. The summed E-state index contributed by atoms with van der Waals surface area (Å²) in [6.07, 6.45) is 0. The summed E-state index contributed by atoms with van der Waals surface area (Å²) in [5, 5.41) is 14.0. The highest BCUT2D eigenvalue weighted by Crippen LogP contribution is 2.38. The maximum absolute atomic E-state index is 8.94. The molecule has 1 N–H and O–H groups in total. The fourth-order valence-electron chi connectivity index (χ4n) is 4.84. The van der Waals surface area contributed by atoms with Crippen LogP contribution in [0.3, 0.4) is 0 Å². The van der Waals surface area contributed by atoms with Crippen LogP contribution in [0.1, 0.15) is 0 Å². The molecule has 0 fully saturated rings. The number of rotatable bonds is 6. The maximum atomic E-state index is 8.94. The fourth-order valence-corrected chi connectivity index (χ4v) is 4.84. The standard InChI is InChI=1S/C32H23BNO2/c35-33-36-28-20-18-27(19-21-28)34(25-9-2-1-3-10-25)26-16-14-23(15-17-26)32-22-24-8-4-5-11-29(24)30-12-6-7-13-31(30)32/h1-22,35H. The molecule has 0 heterocycles. The molecule has 1 radical (unpaired) electrons. The molecule has 0 aliphatic rings. The number of fused-ring (bicyclic) bond motifs is 3. The van der Waals surface area contributed by atoms with Gasteiger partial charge in [0.2, 0.25) is 0 Å². The number of para-hydroxylation sites is 1. The normalized spacial score (nSPS) is 10.9. The molecule has 0 saturated carbocycles. The molecular weight excluding hydrogens is 441 g/mol. The molecule has 6 rings (SSSR count). The Labute approximate surface area is 211 Å². The van der Waals surface area contributed by atoms with Gasteiger partial charge in [0.25, 0.3) is 0 Å². The van der Waals surface area contributed by atoms with E-state index >= 15 is 0 Å². The molecule has 6 aromatic carbocycles. The van der Waals surface area contributed by atoms with Gasteiger partial charge >= 0.3 is 7.69 Å². The topological polar surface area (TPSA) is 32.7 Å². The number of nitrogens with zero attached hydrogens (tertiary/aromatic N) is 1. The first-order valence-electron chi connectivity index (χ1n) is 11.9. The zero-order valence-corrected chi connectivity index (χ0v) is 19.6.